The van der Waals surface area contributed by atoms with Crippen molar-refractivity contribution in [1.29, 1.82) is 0 Å². The summed E-state index contributed by atoms with van der Waals surface area (Å²) in [5.74, 6) is -1.97. The van der Waals surface area contributed by atoms with Crippen LogP contribution in [0.15, 0.2) is 48.1 Å². The maximum atomic E-state index is 11.0. The molecule has 94 valence electrons. The van der Waals surface area contributed by atoms with Crippen molar-refractivity contribution in [3.63, 3.8) is 0 Å². The number of aliphatic carboxylic acids is 1. The molecule has 0 aliphatic rings. The number of benzene rings is 1. The number of rotatable bonds is 5. The van der Waals surface area contributed by atoms with E-state index in [0.29, 0.717) is 0 Å². The van der Waals surface area contributed by atoms with Crippen LogP contribution in [0.1, 0.15) is 22.8 Å². The monoisotopic (exact) mass is 246 g/mol. The molecule has 1 aromatic rings. The Morgan fingerprint density at radius 3 is 2.22 bits per heavy atom. The highest BCUT2D eigenvalue weighted by Gasteiger charge is 2.08. The maximum absolute atomic E-state index is 11.0. The van der Waals surface area contributed by atoms with Crippen LogP contribution >= 0.6 is 0 Å². The van der Waals surface area contributed by atoms with Gasteiger partial charge in [-0.3, -0.25) is 0 Å². The second kappa shape index (κ2) is 6.39. The van der Waals surface area contributed by atoms with Gasteiger partial charge in [0.05, 0.1) is 5.56 Å². The van der Waals surface area contributed by atoms with Crippen LogP contribution in [-0.4, -0.2) is 22.2 Å². The quantitative estimate of drug-likeness (QED) is 0.618. The Bertz CT molecular complexity index is 495. The first kappa shape index (κ1) is 13.7. The van der Waals surface area contributed by atoms with Crippen LogP contribution in [-0.2, 0) is 11.2 Å². The lowest BCUT2D eigenvalue weighted by Crippen LogP contribution is -2.04. The van der Waals surface area contributed by atoms with Crippen molar-refractivity contribution >= 4 is 11.9 Å². The first-order valence-corrected chi connectivity index (χ1v) is 5.42. The molecule has 2 N–H and O–H groups in total. The molecule has 0 atom stereocenters. The third-order valence-corrected chi connectivity index (χ3v) is 2.36. The largest absolute Gasteiger partial charge is 0.478 e. The minimum absolute atomic E-state index is 0.188. The van der Waals surface area contributed by atoms with Gasteiger partial charge in [0.15, 0.2) is 0 Å². The first-order valence-electron chi connectivity index (χ1n) is 5.42. The van der Waals surface area contributed by atoms with Crippen molar-refractivity contribution < 1.29 is 19.8 Å². The predicted octanol–water partition coefficient (Wildman–Crippen LogP) is 2.51. The molecular weight excluding hydrogens is 232 g/mol. The van der Waals surface area contributed by atoms with Gasteiger partial charge in [0, 0.05) is 12.0 Å². The number of hydrogen-bond acceptors (Lipinski definition) is 2. The Hall–Kier alpha value is -2.36. The highest BCUT2D eigenvalue weighted by Crippen LogP contribution is 2.10. The molecule has 0 saturated heterocycles. The number of hydrogen-bond donors (Lipinski definition) is 2. The Balaban J connectivity index is 2.88. The second-order valence-electron chi connectivity index (χ2n) is 3.70. The number of carboxylic acids is 2. The minimum atomic E-state index is -0.996. The van der Waals surface area contributed by atoms with E-state index < -0.39 is 11.9 Å². The normalized spacial score (nSPS) is 11.7. The van der Waals surface area contributed by atoms with Gasteiger partial charge in [-0.25, -0.2) is 9.59 Å². The van der Waals surface area contributed by atoms with E-state index >= 15 is 0 Å². The molecule has 4 heteroatoms. The van der Waals surface area contributed by atoms with Crippen molar-refractivity contribution in [2.75, 3.05) is 0 Å². The van der Waals surface area contributed by atoms with E-state index in [0.717, 1.165) is 5.56 Å². The zero-order valence-corrected chi connectivity index (χ0v) is 9.96. The molecule has 0 spiro atoms. The SMILES string of the molecule is CC=CC=C(Cc1ccc(C(=O)O)cc1)C(=O)O. The molecule has 1 aromatic carbocycles. The highest BCUT2D eigenvalue weighted by atomic mass is 16.4. The van der Waals surface area contributed by atoms with Gasteiger partial charge < -0.3 is 10.2 Å². The van der Waals surface area contributed by atoms with Crippen LogP contribution in [0, 0.1) is 0 Å². The van der Waals surface area contributed by atoms with E-state index in [4.69, 9.17) is 10.2 Å². The van der Waals surface area contributed by atoms with E-state index in [1.54, 1.807) is 31.2 Å². The van der Waals surface area contributed by atoms with Crippen LogP contribution in [0.3, 0.4) is 0 Å². The van der Waals surface area contributed by atoms with E-state index in [2.05, 4.69) is 0 Å². The summed E-state index contributed by atoms with van der Waals surface area (Å²) in [6, 6.07) is 6.17. The number of carboxylic acid groups (broad SMARTS) is 2. The fourth-order valence-electron chi connectivity index (χ4n) is 1.40. The molecule has 18 heavy (non-hydrogen) atoms. The fraction of sp³-hybridized carbons (Fsp3) is 0.143. The van der Waals surface area contributed by atoms with Crippen molar-refractivity contribution in [2.24, 2.45) is 0 Å². The molecule has 0 saturated carbocycles. The molecule has 0 fully saturated rings. The third-order valence-electron chi connectivity index (χ3n) is 2.36. The van der Waals surface area contributed by atoms with Gasteiger partial charge in [-0.15, -0.1) is 0 Å². The van der Waals surface area contributed by atoms with Crippen LogP contribution in [0.5, 0.6) is 0 Å². The van der Waals surface area contributed by atoms with Crippen LogP contribution in [0.25, 0.3) is 0 Å². The van der Waals surface area contributed by atoms with Crippen molar-refractivity contribution in [3.8, 4) is 0 Å². The summed E-state index contributed by atoms with van der Waals surface area (Å²) in [7, 11) is 0. The smallest absolute Gasteiger partial charge is 0.335 e. The van der Waals surface area contributed by atoms with Crippen LogP contribution < -0.4 is 0 Å². The van der Waals surface area contributed by atoms with E-state index in [9.17, 15) is 9.59 Å². The standard InChI is InChI=1S/C14H14O4/c1-2-3-4-12(14(17)18)9-10-5-7-11(8-6-10)13(15)16/h2-8H,9H2,1H3,(H,15,16)(H,17,18). The Labute approximate surface area is 105 Å². The zero-order valence-electron chi connectivity index (χ0n) is 9.96. The van der Waals surface area contributed by atoms with Crippen molar-refractivity contribution in [1.82, 2.24) is 0 Å². The lowest BCUT2D eigenvalue weighted by Gasteiger charge is -2.03. The van der Waals surface area contributed by atoms with Crippen molar-refractivity contribution in [3.05, 3.63) is 59.2 Å². The predicted molar refractivity (Wildman–Crippen MR) is 67.6 cm³/mol. The van der Waals surface area contributed by atoms with E-state index in [1.807, 2.05) is 0 Å². The molecule has 0 heterocycles. The Kier molecular flexibility index (Phi) is 4.87. The van der Waals surface area contributed by atoms with E-state index in [1.165, 1.54) is 18.2 Å². The summed E-state index contributed by atoms with van der Waals surface area (Å²) < 4.78 is 0. The van der Waals surface area contributed by atoms with Gasteiger partial charge in [0.1, 0.15) is 0 Å². The minimum Gasteiger partial charge on any atom is -0.478 e. The topological polar surface area (TPSA) is 74.6 Å². The molecule has 0 aliphatic heterocycles. The van der Waals surface area contributed by atoms with Gasteiger partial charge in [-0.2, -0.15) is 0 Å². The number of aromatic carboxylic acids is 1. The average Bonchev–Trinajstić information content (AvgIpc) is 2.34. The van der Waals surface area contributed by atoms with Gasteiger partial charge >= 0.3 is 11.9 Å². The van der Waals surface area contributed by atoms with Crippen LogP contribution in [0.4, 0.5) is 0 Å². The van der Waals surface area contributed by atoms with Gasteiger partial charge in [0.2, 0.25) is 0 Å². The summed E-state index contributed by atoms with van der Waals surface area (Å²) >= 11 is 0. The molecule has 0 radical (unpaired) electrons. The molecule has 0 unspecified atom stereocenters. The molecule has 0 aromatic heterocycles. The van der Waals surface area contributed by atoms with E-state index in [-0.39, 0.29) is 17.6 Å². The van der Waals surface area contributed by atoms with Crippen LogP contribution in [0.2, 0.25) is 0 Å². The summed E-state index contributed by atoms with van der Waals surface area (Å²) in [6.45, 7) is 1.80. The molecule has 1 rings (SSSR count). The number of allylic oxidation sites excluding steroid dienone is 3. The second-order valence-corrected chi connectivity index (χ2v) is 3.70. The molecule has 4 nitrogen and oxygen atoms in total. The lowest BCUT2D eigenvalue weighted by molar-refractivity contribution is -0.132. The third kappa shape index (κ3) is 3.90. The van der Waals surface area contributed by atoms with Crippen molar-refractivity contribution in [2.45, 2.75) is 13.3 Å². The fourth-order valence-corrected chi connectivity index (χ4v) is 1.40. The van der Waals surface area contributed by atoms with Gasteiger partial charge in [-0.05, 0) is 24.6 Å². The number of carbonyl (C=O) groups is 2. The Morgan fingerprint density at radius 2 is 1.78 bits per heavy atom. The summed E-state index contributed by atoms with van der Waals surface area (Å²) in [5.41, 5.74) is 1.21. The first-order chi connectivity index (χ1) is 8.54. The molecule has 0 amide bonds. The summed E-state index contributed by atoms with van der Waals surface area (Å²) in [4.78, 5) is 21.7. The summed E-state index contributed by atoms with van der Waals surface area (Å²) in [6.07, 6.45) is 5.21. The zero-order chi connectivity index (χ0) is 13.5. The molecular formula is C14H14O4. The summed E-state index contributed by atoms with van der Waals surface area (Å²) in [5, 5.41) is 17.8. The highest BCUT2D eigenvalue weighted by molar-refractivity contribution is 5.88. The molecule has 0 bridgehead atoms. The van der Waals surface area contributed by atoms with Gasteiger partial charge in [-0.1, -0.05) is 30.4 Å². The lowest BCUT2D eigenvalue weighted by atomic mass is 10.0. The average molecular weight is 246 g/mol. The maximum Gasteiger partial charge on any atom is 0.335 e. The Morgan fingerprint density at radius 1 is 1.17 bits per heavy atom. The molecule has 0 aliphatic carbocycles. The van der Waals surface area contributed by atoms with Gasteiger partial charge in [0.25, 0.3) is 0 Å².